The van der Waals surface area contributed by atoms with Gasteiger partial charge < -0.3 is 16.0 Å². The normalized spacial score (nSPS) is 12.4. The summed E-state index contributed by atoms with van der Waals surface area (Å²) in [6.07, 6.45) is 1.48. The molecule has 0 heterocycles. The molecule has 0 fully saturated rings. The van der Waals surface area contributed by atoms with Crippen molar-refractivity contribution >= 4 is 5.91 Å². The molecular formula is C16H27N3O. The van der Waals surface area contributed by atoms with Gasteiger partial charge in [0, 0.05) is 25.6 Å². The molecule has 20 heavy (non-hydrogen) atoms. The summed E-state index contributed by atoms with van der Waals surface area (Å²) in [5.41, 5.74) is 7.03. The van der Waals surface area contributed by atoms with Crippen molar-refractivity contribution in [1.29, 1.82) is 0 Å². The number of nitrogens with two attached hydrogens (primary N) is 1. The quantitative estimate of drug-likeness (QED) is 0.725. The van der Waals surface area contributed by atoms with Crippen LogP contribution in [0.3, 0.4) is 0 Å². The number of likely N-dealkylation sites (N-methyl/N-ethyl adjacent to an activating group) is 1. The van der Waals surface area contributed by atoms with Crippen molar-refractivity contribution < 1.29 is 4.79 Å². The van der Waals surface area contributed by atoms with Crippen molar-refractivity contribution in [2.45, 2.75) is 32.7 Å². The average molecular weight is 277 g/mol. The number of nitrogens with zero attached hydrogens (tertiary/aromatic N) is 1. The first-order chi connectivity index (χ1) is 9.67. The van der Waals surface area contributed by atoms with Crippen LogP contribution in [0.15, 0.2) is 30.3 Å². The fraction of sp³-hybridized carbons (Fsp3) is 0.562. The predicted molar refractivity (Wildman–Crippen MR) is 83.4 cm³/mol. The number of nitrogens with one attached hydrogen (secondary N) is 1. The Labute approximate surface area is 122 Å². The van der Waals surface area contributed by atoms with E-state index >= 15 is 0 Å². The third kappa shape index (κ3) is 6.17. The zero-order valence-corrected chi connectivity index (χ0v) is 12.6. The van der Waals surface area contributed by atoms with E-state index < -0.39 is 0 Å². The molecular weight excluding hydrogens is 250 g/mol. The molecule has 1 amide bonds. The molecule has 1 rings (SSSR count). The number of carbonyl (C=O) groups excluding carboxylic acids is 1. The lowest BCUT2D eigenvalue weighted by molar-refractivity contribution is -0.121. The topological polar surface area (TPSA) is 58.4 Å². The highest BCUT2D eigenvalue weighted by atomic mass is 16.1. The molecule has 0 aromatic heterocycles. The summed E-state index contributed by atoms with van der Waals surface area (Å²) in [6.45, 7) is 8.00. The summed E-state index contributed by atoms with van der Waals surface area (Å²) in [4.78, 5) is 14.2. The van der Waals surface area contributed by atoms with E-state index in [-0.39, 0.29) is 11.9 Å². The van der Waals surface area contributed by atoms with Gasteiger partial charge in [0.1, 0.15) is 0 Å². The van der Waals surface area contributed by atoms with Crippen LogP contribution in [0.5, 0.6) is 0 Å². The van der Waals surface area contributed by atoms with Crippen molar-refractivity contribution in [2.24, 2.45) is 5.73 Å². The van der Waals surface area contributed by atoms with Crippen LogP contribution < -0.4 is 11.1 Å². The molecule has 0 radical (unpaired) electrons. The van der Waals surface area contributed by atoms with Gasteiger partial charge in [-0.05, 0) is 25.1 Å². The van der Waals surface area contributed by atoms with Gasteiger partial charge in [-0.25, -0.2) is 0 Å². The lowest BCUT2D eigenvalue weighted by atomic mass is 10.0. The first-order valence-corrected chi connectivity index (χ1v) is 7.47. The van der Waals surface area contributed by atoms with E-state index in [1.165, 1.54) is 0 Å². The van der Waals surface area contributed by atoms with Gasteiger partial charge in [0.2, 0.25) is 5.91 Å². The maximum Gasteiger partial charge on any atom is 0.221 e. The van der Waals surface area contributed by atoms with Crippen LogP contribution in [0, 0.1) is 0 Å². The molecule has 0 aliphatic heterocycles. The van der Waals surface area contributed by atoms with E-state index in [0.717, 1.165) is 31.6 Å². The Kier molecular flexibility index (Phi) is 7.92. The fourth-order valence-corrected chi connectivity index (χ4v) is 2.19. The first kappa shape index (κ1) is 16.7. The minimum absolute atomic E-state index is 0.0221. The maximum absolute atomic E-state index is 11.8. The van der Waals surface area contributed by atoms with Crippen molar-refractivity contribution in [3.8, 4) is 0 Å². The molecule has 0 aliphatic rings. The molecule has 0 spiro atoms. The lowest BCUT2D eigenvalue weighted by Gasteiger charge is -2.20. The Bertz CT molecular complexity index is 381. The van der Waals surface area contributed by atoms with Gasteiger partial charge in [-0.3, -0.25) is 4.79 Å². The Morgan fingerprint density at radius 2 is 1.95 bits per heavy atom. The summed E-state index contributed by atoms with van der Waals surface area (Å²) >= 11 is 0. The second-order valence-corrected chi connectivity index (χ2v) is 5.01. The molecule has 4 heteroatoms. The Balaban J connectivity index is 2.26. The van der Waals surface area contributed by atoms with Crippen LogP contribution in [0.2, 0.25) is 0 Å². The first-order valence-electron chi connectivity index (χ1n) is 7.47. The van der Waals surface area contributed by atoms with Crippen LogP contribution in [0.4, 0.5) is 0 Å². The minimum Gasteiger partial charge on any atom is -0.355 e. The average Bonchev–Trinajstić information content (AvgIpc) is 2.47. The summed E-state index contributed by atoms with van der Waals surface area (Å²) < 4.78 is 0. The van der Waals surface area contributed by atoms with Gasteiger partial charge in [-0.1, -0.05) is 44.2 Å². The number of carbonyl (C=O) groups is 1. The summed E-state index contributed by atoms with van der Waals surface area (Å²) in [6, 6.07) is 9.52. The smallest absolute Gasteiger partial charge is 0.221 e. The molecule has 0 aliphatic carbocycles. The monoisotopic (exact) mass is 277 g/mol. The molecule has 112 valence electrons. The van der Waals surface area contributed by atoms with Gasteiger partial charge >= 0.3 is 0 Å². The van der Waals surface area contributed by atoms with E-state index in [0.29, 0.717) is 13.0 Å². The highest BCUT2D eigenvalue weighted by molar-refractivity contribution is 5.76. The van der Waals surface area contributed by atoms with Crippen LogP contribution in [0.25, 0.3) is 0 Å². The summed E-state index contributed by atoms with van der Waals surface area (Å²) in [5, 5.41) is 2.95. The molecule has 0 bridgehead atoms. The van der Waals surface area contributed by atoms with E-state index in [2.05, 4.69) is 24.1 Å². The molecule has 1 atom stereocenters. The van der Waals surface area contributed by atoms with Crippen molar-refractivity contribution in [2.75, 3.05) is 26.2 Å². The summed E-state index contributed by atoms with van der Waals surface area (Å²) in [5.74, 6) is 0.0221. The predicted octanol–water partition coefficient (Wildman–Crippen LogP) is 1.92. The molecule has 0 saturated carbocycles. The second kappa shape index (κ2) is 9.50. The number of hydrogen-bond donors (Lipinski definition) is 2. The molecule has 1 aromatic rings. The fourth-order valence-electron chi connectivity index (χ4n) is 2.19. The molecule has 0 saturated heterocycles. The van der Waals surface area contributed by atoms with E-state index in [1.807, 2.05) is 30.3 Å². The zero-order valence-electron chi connectivity index (χ0n) is 12.6. The van der Waals surface area contributed by atoms with Gasteiger partial charge in [0.05, 0.1) is 0 Å². The standard InChI is InChI=1S/C16H27N3O/c1-3-11-19(4-2)12-10-18-16(20)13-15(17)14-8-6-5-7-9-14/h5-9,15H,3-4,10-13,17H2,1-2H3,(H,18,20). The number of hydrogen-bond acceptors (Lipinski definition) is 3. The SMILES string of the molecule is CCCN(CC)CCNC(=O)CC(N)c1ccccc1. The van der Waals surface area contributed by atoms with Crippen LogP contribution >= 0.6 is 0 Å². The Morgan fingerprint density at radius 3 is 2.55 bits per heavy atom. The molecule has 4 nitrogen and oxygen atoms in total. The zero-order chi connectivity index (χ0) is 14.8. The number of amides is 1. The van der Waals surface area contributed by atoms with Crippen LogP contribution in [-0.2, 0) is 4.79 Å². The molecule has 1 unspecified atom stereocenters. The minimum atomic E-state index is -0.228. The maximum atomic E-state index is 11.8. The highest BCUT2D eigenvalue weighted by Crippen LogP contribution is 2.12. The second-order valence-electron chi connectivity index (χ2n) is 5.01. The van der Waals surface area contributed by atoms with Crippen LogP contribution in [0.1, 0.15) is 38.3 Å². The van der Waals surface area contributed by atoms with Gasteiger partial charge in [-0.15, -0.1) is 0 Å². The number of benzene rings is 1. The van der Waals surface area contributed by atoms with Crippen LogP contribution in [-0.4, -0.2) is 37.0 Å². The third-order valence-electron chi connectivity index (χ3n) is 3.37. The van der Waals surface area contributed by atoms with Gasteiger partial charge in [0.15, 0.2) is 0 Å². The third-order valence-corrected chi connectivity index (χ3v) is 3.37. The van der Waals surface area contributed by atoms with E-state index in [1.54, 1.807) is 0 Å². The summed E-state index contributed by atoms with van der Waals surface area (Å²) in [7, 11) is 0. The Morgan fingerprint density at radius 1 is 1.25 bits per heavy atom. The lowest BCUT2D eigenvalue weighted by Crippen LogP contribution is -2.36. The largest absolute Gasteiger partial charge is 0.355 e. The highest BCUT2D eigenvalue weighted by Gasteiger charge is 2.11. The Hall–Kier alpha value is -1.39. The van der Waals surface area contributed by atoms with Crippen molar-refractivity contribution in [1.82, 2.24) is 10.2 Å². The number of rotatable bonds is 9. The van der Waals surface area contributed by atoms with E-state index in [9.17, 15) is 4.79 Å². The molecule has 1 aromatic carbocycles. The van der Waals surface area contributed by atoms with Gasteiger partial charge in [-0.2, -0.15) is 0 Å². The van der Waals surface area contributed by atoms with Gasteiger partial charge in [0.25, 0.3) is 0 Å². The van der Waals surface area contributed by atoms with Crippen molar-refractivity contribution in [3.63, 3.8) is 0 Å². The van der Waals surface area contributed by atoms with E-state index in [4.69, 9.17) is 5.73 Å². The molecule has 3 N–H and O–H groups in total. The van der Waals surface area contributed by atoms with Crippen molar-refractivity contribution in [3.05, 3.63) is 35.9 Å².